The van der Waals surface area contributed by atoms with Crippen LogP contribution in [0.5, 0.6) is 0 Å². The second-order valence-corrected chi connectivity index (χ2v) is 3.16. The molecule has 60 valence electrons. The van der Waals surface area contributed by atoms with Gasteiger partial charge in [-0.25, -0.2) is 0 Å². The van der Waals surface area contributed by atoms with Crippen molar-refractivity contribution in [1.82, 2.24) is 15.2 Å². The highest BCUT2D eigenvalue weighted by Gasteiger charge is 2.04. The molecule has 2 rings (SSSR count). The van der Waals surface area contributed by atoms with Crippen LogP contribution in [-0.2, 0) is 0 Å². The van der Waals surface area contributed by atoms with Gasteiger partial charge in [0.25, 0.3) is 0 Å². The summed E-state index contributed by atoms with van der Waals surface area (Å²) in [5, 5.41) is 6.75. The highest BCUT2D eigenvalue weighted by atomic mass is 79.9. The van der Waals surface area contributed by atoms with Gasteiger partial charge in [0.1, 0.15) is 0 Å². The summed E-state index contributed by atoms with van der Waals surface area (Å²) in [5.41, 5.74) is 1.80. The molecular formula is C8H6BrN3. The first-order valence-corrected chi connectivity index (χ1v) is 4.27. The molecule has 0 saturated carbocycles. The van der Waals surface area contributed by atoms with Gasteiger partial charge in [-0.05, 0) is 28.1 Å². The second kappa shape index (κ2) is 3.06. The van der Waals surface area contributed by atoms with E-state index < -0.39 is 0 Å². The van der Waals surface area contributed by atoms with Crippen molar-refractivity contribution in [3.8, 4) is 11.4 Å². The molecule has 3 nitrogen and oxygen atoms in total. The first-order chi connectivity index (χ1) is 5.88. The molecule has 0 amide bonds. The Kier molecular flexibility index (Phi) is 1.91. The van der Waals surface area contributed by atoms with Gasteiger partial charge in [0.2, 0.25) is 0 Å². The van der Waals surface area contributed by atoms with Gasteiger partial charge in [0, 0.05) is 6.20 Å². The van der Waals surface area contributed by atoms with Crippen molar-refractivity contribution in [2.45, 2.75) is 0 Å². The number of aromatic amines is 1. The van der Waals surface area contributed by atoms with Gasteiger partial charge in [-0.15, -0.1) is 0 Å². The Bertz CT molecular complexity index is 369. The van der Waals surface area contributed by atoms with Crippen molar-refractivity contribution in [2.24, 2.45) is 0 Å². The standard InChI is InChI=1S/C8H6BrN3/c9-6-5-11-12-8(6)7-3-1-2-4-10-7/h1-5H,(H,11,12). The third-order valence-corrected chi connectivity index (χ3v) is 2.12. The zero-order chi connectivity index (χ0) is 8.39. The number of halogens is 1. The Morgan fingerprint density at radius 1 is 1.33 bits per heavy atom. The van der Waals surface area contributed by atoms with E-state index in [9.17, 15) is 0 Å². The zero-order valence-corrected chi connectivity index (χ0v) is 7.75. The van der Waals surface area contributed by atoms with Crippen LogP contribution in [0.1, 0.15) is 0 Å². The minimum atomic E-state index is 0.891. The molecule has 0 unspecified atom stereocenters. The van der Waals surface area contributed by atoms with E-state index in [0.717, 1.165) is 15.9 Å². The molecule has 0 aromatic carbocycles. The van der Waals surface area contributed by atoms with Gasteiger partial charge < -0.3 is 0 Å². The van der Waals surface area contributed by atoms with Gasteiger partial charge in [-0.3, -0.25) is 10.1 Å². The summed E-state index contributed by atoms with van der Waals surface area (Å²) in [5.74, 6) is 0. The zero-order valence-electron chi connectivity index (χ0n) is 6.16. The number of nitrogens with zero attached hydrogens (tertiary/aromatic N) is 2. The third kappa shape index (κ3) is 1.25. The van der Waals surface area contributed by atoms with E-state index in [1.807, 2.05) is 18.2 Å². The first kappa shape index (κ1) is 7.49. The van der Waals surface area contributed by atoms with E-state index in [2.05, 4.69) is 31.1 Å². The predicted octanol–water partition coefficient (Wildman–Crippen LogP) is 2.23. The van der Waals surface area contributed by atoms with Gasteiger partial charge >= 0.3 is 0 Å². The molecule has 0 radical (unpaired) electrons. The number of hydrogen-bond acceptors (Lipinski definition) is 2. The molecule has 0 aliphatic carbocycles. The molecular weight excluding hydrogens is 218 g/mol. The molecule has 0 bridgehead atoms. The molecule has 4 heteroatoms. The Hall–Kier alpha value is -1.16. The van der Waals surface area contributed by atoms with Crippen molar-refractivity contribution in [3.05, 3.63) is 35.1 Å². The number of pyridine rings is 1. The molecule has 0 spiro atoms. The Balaban J connectivity index is 2.51. The molecule has 0 aliphatic rings. The maximum absolute atomic E-state index is 4.18. The Morgan fingerprint density at radius 3 is 2.83 bits per heavy atom. The van der Waals surface area contributed by atoms with Crippen molar-refractivity contribution >= 4 is 15.9 Å². The van der Waals surface area contributed by atoms with Crippen LogP contribution in [0.4, 0.5) is 0 Å². The topological polar surface area (TPSA) is 41.6 Å². The van der Waals surface area contributed by atoms with E-state index in [0.29, 0.717) is 0 Å². The maximum atomic E-state index is 4.18. The monoisotopic (exact) mass is 223 g/mol. The SMILES string of the molecule is Brc1cn[nH]c1-c1ccccn1. The Morgan fingerprint density at radius 2 is 2.25 bits per heavy atom. The summed E-state index contributed by atoms with van der Waals surface area (Å²) in [6.45, 7) is 0. The van der Waals surface area contributed by atoms with Crippen LogP contribution in [0.15, 0.2) is 35.1 Å². The van der Waals surface area contributed by atoms with Crippen LogP contribution in [0.2, 0.25) is 0 Å². The molecule has 0 aliphatic heterocycles. The number of nitrogens with one attached hydrogen (secondary N) is 1. The normalized spacial score (nSPS) is 10.1. The van der Waals surface area contributed by atoms with Crippen molar-refractivity contribution < 1.29 is 0 Å². The molecule has 2 aromatic rings. The van der Waals surface area contributed by atoms with E-state index in [-0.39, 0.29) is 0 Å². The summed E-state index contributed by atoms with van der Waals surface area (Å²) in [6, 6.07) is 5.75. The lowest BCUT2D eigenvalue weighted by Crippen LogP contribution is -1.82. The molecule has 0 fully saturated rings. The minimum absolute atomic E-state index is 0.891. The lowest BCUT2D eigenvalue weighted by molar-refractivity contribution is 1.09. The van der Waals surface area contributed by atoms with Gasteiger partial charge in [-0.1, -0.05) is 6.07 Å². The van der Waals surface area contributed by atoms with Gasteiger partial charge in [0.05, 0.1) is 22.1 Å². The summed E-state index contributed by atoms with van der Waals surface area (Å²) < 4.78 is 0.932. The molecule has 2 heterocycles. The van der Waals surface area contributed by atoms with Gasteiger partial charge in [0.15, 0.2) is 0 Å². The number of rotatable bonds is 1. The number of hydrogen-bond donors (Lipinski definition) is 1. The van der Waals surface area contributed by atoms with E-state index >= 15 is 0 Å². The van der Waals surface area contributed by atoms with E-state index in [1.165, 1.54) is 0 Å². The molecule has 2 aromatic heterocycles. The lowest BCUT2D eigenvalue weighted by Gasteiger charge is -1.94. The first-order valence-electron chi connectivity index (χ1n) is 3.48. The fourth-order valence-corrected chi connectivity index (χ4v) is 1.36. The summed E-state index contributed by atoms with van der Waals surface area (Å²) in [6.07, 6.45) is 3.46. The molecule has 0 atom stereocenters. The van der Waals surface area contributed by atoms with Crippen molar-refractivity contribution in [3.63, 3.8) is 0 Å². The summed E-state index contributed by atoms with van der Waals surface area (Å²) in [7, 11) is 0. The molecule has 0 saturated heterocycles. The smallest absolute Gasteiger partial charge is 0.0976 e. The molecule has 1 N–H and O–H groups in total. The predicted molar refractivity (Wildman–Crippen MR) is 49.5 cm³/mol. The highest BCUT2D eigenvalue weighted by Crippen LogP contribution is 2.22. The summed E-state index contributed by atoms with van der Waals surface area (Å²) in [4.78, 5) is 4.18. The number of aromatic nitrogens is 3. The maximum Gasteiger partial charge on any atom is 0.0976 e. The molecule has 12 heavy (non-hydrogen) atoms. The largest absolute Gasteiger partial charge is 0.275 e. The minimum Gasteiger partial charge on any atom is -0.275 e. The highest BCUT2D eigenvalue weighted by molar-refractivity contribution is 9.10. The third-order valence-electron chi connectivity index (χ3n) is 1.51. The van der Waals surface area contributed by atoms with E-state index in [1.54, 1.807) is 12.4 Å². The average Bonchev–Trinajstić information content (AvgIpc) is 2.53. The summed E-state index contributed by atoms with van der Waals surface area (Å²) >= 11 is 3.37. The van der Waals surface area contributed by atoms with Crippen molar-refractivity contribution in [1.29, 1.82) is 0 Å². The van der Waals surface area contributed by atoms with Crippen molar-refractivity contribution in [2.75, 3.05) is 0 Å². The fourth-order valence-electron chi connectivity index (χ4n) is 0.962. The van der Waals surface area contributed by atoms with Crippen LogP contribution < -0.4 is 0 Å². The van der Waals surface area contributed by atoms with Crippen LogP contribution >= 0.6 is 15.9 Å². The Labute approximate surface area is 78.0 Å². The van der Waals surface area contributed by atoms with Gasteiger partial charge in [-0.2, -0.15) is 5.10 Å². The second-order valence-electron chi connectivity index (χ2n) is 2.31. The van der Waals surface area contributed by atoms with E-state index in [4.69, 9.17) is 0 Å². The lowest BCUT2D eigenvalue weighted by atomic mass is 10.3. The van der Waals surface area contributed by atoms with Crippen LogP contribution in [0.3, 0.4) is 0 Å². The van der Waals surface area contributed by atoms with Crippen LogP contribution in [0, 0.1) is 0 Å². The fraction of sp³-hybridized carbons (Fsp3) is 0. The van der Waals surface area contributed by atoms with Crippen LogP contribution in [-0.4, -0.2) is 15.2 Å². The quantitative estimate of drug-likeness (QED) is 0.806. The average molecular weight is 224 g/mol. The number of H-pyrrole nitrogens is 1. The van der Waals surface area contributed by atoms with Crippen LogP contribution in [0.25, 0.3) is 11.4 Å².